The maximum Gasteiger partial charge on any atom is 0.267 e. The van der Waals surface area contributed by atoms with Crippen LogP contribution in [0.5, 0.6) is 0 Å². The number of nitrogens with zero attached hydrogens (tertiary/aromatic N) is 1. The predicted octanol–water partition coefficient (Wildman–Crippen LogP) is 7.07. The van der Waals surface area contributed by atoms with Crippen molar-refractivity contribution in [2.24, 2.45) is 0 Å². The van der Waals surface area contributed by atoms with Crippen molar-refractivity contribution in [1.82, 2.24) is 4.98 Å². The van der Waals surface area contributed by atoms with Gasteiger partial charge in [-0.1, -0.05) is 29.8 Å². The summed E-state index contributed by atoms with van der Waals surface area (Å²) in [4.78, 5) is 44.1. The number of nitrogens with two attached hydrogens (primary N) is 1. The van der Waals surface area contributed by atoms with Gasteiger partial charge in [0, 0.05) is 34.9 Å². The van der Waals surface area contributed by atoms with E-state index < -0.39 is 11.7 Å². The average Bonchev–Trinajstić information content (AvgIpc) is 3.26. The van der Waals surface area contributed by atoms with Crippen molar-refractivity contribution < 1.29 is 18.8 Å². The van der Waals surface area contributed by atoms with Crippen LogP contribution in [0.25, 0.3) is 21.3 Å². The lowest BCUT2D eigenvalue weighted by molar-refractivity contribution is -0.114. The van der Waals surface area contributed by atoms with Crippen LogP contribution < -0.4 is 21.7 Å². The van der Waals surface area contributed by atoms with Crippen molar-refractivity contribution in [2.45, 2.75) is 27.7 Å². The molecule has 5 N–H and O–H groups in total. The number of rotatable bonds is 6. The third-order valence-corrected chi connectivity index (χ3v) is 7.82. The molecule has 5 aromatic rings. The van der Waals surface area contributed by atoms with Gasteiger partial charge in [0.25, 0.3) is 11.8 Å². The largest absolute Gasteiger partial charge is 0.397 e. The molecule has 3 aromatic carbocycles. The molecule has 0 aliphatic carbocycles. The Morgan fingerprint density at radius 1 is 0.833 bits per heavy atom. The number of aryl methyl sites for hydroxylation is 3. The summed E-state index contributed by atoms with van der Waals surface area (Å²) in [6.07, 6.45) is 0. The number of aromatic nitrogens is 1. The molecule has 0 radical (unpaired) electrons. The second-order valence-corrected chi connectivity index (χ2v) is 11.0. The lowest BCUT2D eigenvalue weighted by Gasteiger charge is -2.16. The zero-order chi connectivity index (χ0) is 30.1. The zero-order valence-electron chi connectivity index (χ0n) is 23.4. The molecule has 212 valence electrons. The highest BCUT2D eigenvalue weighted by atomic mass is 32.1. The van der Waals surface area contributed by atoms with Crippen molar-refractivity contribution in [1.29, 1.82) is 0 Å². The van der Waals surface area contributed by atoms with Gasteiger partial charge < -0.3 is 21.7 Å². The molecular weight excluding hydrogens is 553 g/mol. The van der Waals surface area contributed by atoms with Gasteiger partial charge in [-0.05, 0) is 74.4 Å². The molecule has 8 nitrogen and oxygen atoms in total. The molecule has 42 heavy (non-hydrogen) atoms. The van der Waals surface area contributed by atoms with Crippen LogP contribution in [0.4, 0.5) is 27.1 Å². The Balaban J connectivity index is 1.66. The second-order valence-electron chi connectivity index (χ2n) is 9.96. The topological polar surface area (TPSA) is 126 Å². The zero-order valence-corrected chi connectivity index (χ0v) is 24.2. The molecule has 0 atom stereocenters. The Morgan fingerprint density at radius 2 is 1.48 bits per heavy atom. The number of carbonyl (C=O) groups is 3. The number of nitrogens with one attached hydrogen (secondary N) is 3. The first-order valence-electron chi connectivity index (χ1n) is 13.1. The molecule has 0 bridgehead atoms. The molecule has 3 amide bonds. The van der Waals surface area contributed by atoms with Crippen molar-refractivity contribution in [3.63, 3.8) is 0 Å². The summed E-state index contributed by atoms with van der Waals surface area (Å²) in [5, 5.41) is 8.96. The highest BCUT2D eigenvalue weighted by Gasteiger charge is 2.27. The number of halogens is 1. The Kier molecular flexibility index (Phi) is 7.73. The minimum absolute atomic E-state index is 0.170. The number of benzene rings is 3. The first kappa shape index (κ1) is 28.4. The van der Waals surface area contributed by atoms with Crippen molar-refractivity contribution >= 4 is 62.0 Å². The molecule has 2 heterocycles. The van der Waals surface area contributed by atoms with Crippen LogP contribution >= 0.6 is 11.3 Å². The molecule has 0 spiro atoms. The van der Waals surface area contributed by atoms with Crippen LogP contribution in [0.2, 0.25) is 0 Å². The predicted molar refractivity (Wildman–Crippen MR) is 167 cm³/mol. The fourth-order valence-corrected chi connectivity index (χ4v) is 5.83. The summed E-state index contributed by atoms with van der Waals surface area (Å²) >= 11 is 1.11. The van der Waals surface area contributed by atoms with Gasteiger partial charge in [-0.3, -0.25) is 14.4 Å². The number of thiophene rings is 1. The van der Waals surface area contributed by atoms with Crippen LogP contribution in [-0.4, -0.2) is 22.7 Å². The van der Waals surface area contributed by atoms with Crippen LogP contribution in [-0.2, 0) is 4.79 Å². The number of hydrogen-bond donors (Lipinski definition) is 4. The van der Waals surface area contributed by atoms with Gasteiger partial charge in [0.2, 0.25) is 5.91 Å². The molecular formula is C32H28FN5O3S. The first-order valence-corrected chi connectivity index (χ1v) is 13.9. The minimum Gasteiger partial charge on any atom is -0.397 e. The van der Waals surface area contributed by atoms with Crippen molar-refractivity contribution in [3.8, 4) is 11.1 Å². The lowest BCUT2D eigenvalue weighted by Crippen LogP contribution is -2.17. The van der Waals surface area contributed by atoms with Gasteiger partial charge in [0.1, 0.15) is 15.5 Å². The standard InChI is InChI=1S/C32H28FN5O3S/c1-16-5-14-24(17(2)15-16)38-30(40)25-18(3)35-32-27(26(25)20-6-10-22(11-7-20)36-19(4)39)28(34)29(42-32)31(41)37-23-12-8-21(33)9-13-23/h5-15H,34H2,1-4H3,(H,36,39)(H,37,41)(H,38,40). The highest BCUT2D eigenvalue weighted by Crippen LogP contribution is 2.43. The smallest absolute Gasteiger partial charge is 0.267 e. The molecule has 2 aromatic heterocycles. The van der Waals surface area contributed by atoms with E-state index in [0.717, 1.165) is 22.5 Å². The van der Waals surface area contributed by atoms with Crippen LogP contribution in [0.15, 0.2) is 66.7 Å². The van der Waals surface area contributed by atoms with E-state index in [2.05, 4.69) is 16.0 Å². The van der Waals surface area contributed by atoms with E-state index in [-0.39, 0.29) is 22.4 Å². The fraction of sp³-hybridized carbons (Fsp3) is 0.125. The van der Waals surface area contributed by atoms with Gasteiger partial charge in [-0.15, -0.1) is 11.3 Å². The van der Waals surface area contributed by atoms with E-state index >= 15 is 0 Å². The minimum atomic E-state index is -0.479. The summed E-state index contributed by atoms with van der Waals surface area (Å²) in [5.41, 5.74) is 12.4. The molecule has 0 aliphatic heterocycles. The quantitative estimate of drug-likeness (QED) is 0.171. The lowest BCUT2D eigenvalue weighted by atomic mass is 9.94. The molecule has 10 heteroatoms. The van der Waals surface area contributed by atoms with Crippen LogP contribution in [0.1, 0.15) is 43.8 Å². The summed E-state index contributed by atoms with van der Waals surface area (Å²) in [6, 6.07) is 18.2. The molecule has 0 saturated heterocycles. The van der Waals surface area contributed by atoms with E-state index in [1.54, 1.807) is 31.2 Å². The number of pyridine rings is 1. The van der Waals surface area contributed by atoms with Gasteiger partial charge in [0.05, 0.1) is 16.9 Å². The summed E-state index contributed by atoms with van der Waals surface area (Å²) in [5.74, 6) is -1.49. The van der Waals surface area contributed by atoms with E-state index in [9.17, 15) is 18.8 Å². The summed E-state index contributed by atoms with van der Waals surface area (Å²) < 4.78 is 13.4. The molecule has 5 rings (SSSR count). The van der Waals surface area contributed by atoms with E-state index in [0.29, 0.717) is 49.7 Å². The van der Waals surface area contributed by atoms with Gasteiger partial charge in [-0.2, -0.15) is 0 Å². The number of carbonyl (C=O) groups excluding carboxylic acids is 3. The Bertz CT molecular complexity index is 1860. The average molecular weight is 582 g/mol. The third kappa shape index (κ3) is 5.70. The number of hydrogen-bond acceptors (Lipinski definition) is 6. The molecule has 0 unspecified atom stereocenters. The maximum atomic E-state index is 13.9. The van der Waals surface area contributed by atoms with Crippen molar-refractivity contribution in [2.75, 3.05) is 21.7 Å². The fourth-order valence-electron chi connectivity index (χ4n) is 4.78. The number of amides is 3. The van der Waals surface area contributed by atoms with Gasteiger partial charge >= 0.3 is 0 Å². The summed E-state index contributed by atoms with van der Waals surface area (Å²) in [6.45, 7) is 7.05. The van der Waals surface area contributed by atoms with Crippen LogP contribution in [0, 0.1) is 26.6 Å². The highest BCUT2D eigenvalue weighted by molar-refractivity contribution is 7.21. The second kappa shape index (κ2) is 11.4. The molecule has 0 fully saturated rings. The van der Waals surface area contributed by atoms with Crippen LogP contribution in [0.3, 0.4) is 0 Å². The maximum absolute atomic E-state index is 13.9. The van der Waals surface area contributed by atoms with E-state index in [1.807, 2.05) is 32.0 Å². The van der Waals surface area contributed by atoms with Crippen molar-refractivity contribution in [3.05, 3.63) is 99.8 Å². The van der Waals surface area contributed by atoms with Gasteiger partial charge in [-0.25, -0.2) is 9.37 Å². The first-order chi connectivity index (χ1) is 20.0. The number of nitrogen functional groups attached to an aromatic ring is 1. The number of fused-ring (bicyclic) bond motifs is 1. The summed E-state index contributed by atoms with van der Waals surface area (Å²) in [7, 11) is 0. The third-order valence-electron chi connectivity index (χ3n) is 6.72. The van der Waals surface area contributed by atoms with E-state index in [1.165, 1.54) is 31.2 Å². The SMILES string of the molecule is CC(=O)Nc1ccc(-c2c(C(=O)Nc3ccc(C)cc3C)c(C)nc3sc(C(=O)Nc4ccc(F)cc4)c(N)c23)cc1. The Morgan fingerprint density at radius 3 is 2.12 bits per heavy atom. The normalized spacial score (nSPS) is 10.9. The molecule has 0 saturated carbocycles. The van der Waals surface area contributed by atoms with E-state index in [4.69, 9.17) is 10.7 Å². The van der Waals surface area contributed by atoms with Gasteiger partial charge in [0.15, 0.2) is 0 Å². The monoisotopic (exact) mass is 581 g/mol. The molecule has 0 aliphatic rings. The Hall–Kier alpha value is -5.09. The Labute approximate surface area is 245 Å². The number of anilines is 4.